The quantitative estimate of drug-likeness (QED) is 0.589. The molecule has 0 bridgehead atoms. The molecule has 0 aliphatic carbocycles. The van der Waals surface area contributed by atoms with Gasteiger partial charge in [-0.2, -0.15) is 0 Å². The first-order valence-corrected chi connectivity index (χ1v) is 15.0. The minimum atomic E-state index is -0.758. The summed E-state index contributed by atoms with van der Waals surface area (Å²) in [5.41, 5.74) is 3.77. The number of fused-ring (bicyclic) bond motifs is 2. The summed E-state index contributed by atoms with van der Waals surface area (Å²) in [4.78, 5) is 32.5. The van der Waals surface area contributed by atoms with E-state index < -0.39 is 10.8 Å². The lowest BCUT2D eigenvalue weighted by atomic mass is 9.90. The predicted molar refractivity (Wildman–Crippen MR) is 148 cm³/mol. The van der Waals surface area contributed by atoms with Crippen molar-refractivity contribution in [2.24, 2.45) is 0 Å². The first kappa shape index (κ1) is 25.2. The first-order chi connectivity index (χ1) is 18.4. The molecule has 6 rings (SSSR count). The van der Waals surface area contributed by atoms with E-state index in [2.05, 4.69) is 37.7 Å². The highest BCUT2D eigenvalue weighted by molar-refractivity contribution is 7.85. The Bertz CT molecular complexity index is 1260. The van der Waals surface area contributed by atoms with Gasteiger partial charge in [0.2, 0.25) is 5.91 Å². The summed E-state index contributed by atoms with van der Waals surface area (Å²) >= 11 is 0. The topological polar surface area (TPSA) is 104 Å². The van der Waals surface area contributed by atoms with Crippen molar-refractivity contribution in [3.05, 3.63) is 42.0 Å². The van der Waals surface area contributed by atoms with Gasteiger partial charge in [0.1, 0.15) is 24.1 Å². The number of pyridine rings is 1. The molecule has 38 heavy (non-hydrogen) atoms. The molecule has 2 aromatic rings. The zero-order valence-electron chi connectivity index (χ0n) is 22.1. The van der Waals surface area contributed by atoms with E-state index in [9.17, 15) is 9.00 Å². The van der Waals surface area contributed by atoms with Gasteiger partial charge >= 0.3 is 0 Å². The van der Waals surface area contributed by atoms with Crippen LogP contribution in [0.25, 0.3) is 0 Å². The molecule has 2 aromatic heterocycles. The minimum absolute atomic E-state index is 0.0242. The molecule has 3 fully saturated rings. The van der Waals surface area contributed by atoms with Crippen LogP contribution >= 0.6 is 0 Å². The summed E-state index contributed by atoms with van der Waals surface area (Å²) < 4.78 is 18.4. The van der Waals surface area contributed by atoms with E-state index in [1.807, 2.05) is 18.7 Å². The van der Waals surface area contributed by atoms with E-state index in [0.29, 0.717) is 36.6 Å². The fourth-order valence-electron chi connectivity index (χ4n) is 6.02. The maximum absolute atomic E-state index is 11.9. The number of likely N-dealkylation sites (tertiary alicyclic amines) is 2. The van der Waals surface area contributed by atoms with Crippen LogP contribution in [-0.2, 0) is 15.6 Å². The molecule has 1 atom stereocenters. The van der Waals surface area contributed by atoms with Crippen LogP contribution in [0.1, 0.15) is 48.7 Å². The number of carbonyl (C=O) groups excluding carboxylic acids is 1. The largest absolute Gasteiger partial charge is 0.482 e. The Labute approximate surface area is 225 Å². The van der Waals surface area contributed by atoms with Crippen LogP contribution < -0.4 is 15.0 Å². The maximum Gasteiger partial charge on any atom is 0.246 e. The van der Waals surface area contributed by atoms with Crippen molar-refractivity contribution in [1.29, 1.82) is 0 Å². The molecule has 0 aromatic carbocycles. The molecule has 0 spiro atoms. The van der Waals surface area contributed by atoms with Crippen molar-refractivity contribution in [2.75, 3.05) is 61.0 Å². The Morgan fingerprint density at radius 3 is 2.63 bits per heavy atom. The van der Waals surface area contributed by atoms with Crippen molar-refractivity contribution >= 4 is 34.0 Å². The molecule has 1 amide bonds. The Kier molecular flexibility index (Phi) is 6.81. The number of anilines is 3. The molecule has 3 saturated heterocycles. The lowest BCUT2D eigenvalue weighted by Gasteiger charge is -2.47. The second-order valence-corrected chi connectivity index (χ2v) is 12.3. The van der Waals surface area contributed by atoms with E-state index in [-0.39, 0.29) is 12.0 Å². The number of rotatable bonds is 4. The summed E-state index contributed by atoms with van der Waals surface area (Å²) in [7, 11) is -0.758. The number of piperidine rings is 1. The van der Waals surface area contributed by atoms with Crippen LogP contribution in [0.4, 0.5) is 17.3 Å². The molecule has 4 aliphatic heterocycles. The molecule has 11 heteroatoms. The first-order valence-electron chi connectivity index (χ1n) is 13.5. The second kappa shape index (κ2) is 10.3. The summed E-state index contributed by atoms with van der Waals surface area (Å²) in [6.45, 7) is 12.6. The van der Waals surface area contributed by atoms with E-state index in [4.69, 9.17) is 9.72 Å². The van der Waals surface area contributed by atoms with Crippen LogP contribution in [0, 0.1) is 6.92 Å². The molecule has 10 nitrogen and oxygen atoms in total. The van der Waals surface area contributed by atoms with E-state index >= 15 is 0 Å². The third-order valence-corrected chi connectivity index (χ3v) is 9.55. The van der Waals surface area contributed by atoms with Gasteiger partial charge in [0.15, 0.2) is 5.75 Å². The van der Waals surface area contributed by atoms with Gasteiger partial charge in [0.05, 0.1) is 16.9 Å². The van der Waals surface area contributed by atoms with E-state index in [0.717, 1.165) is 79.0 Å². The fraction of sp³-hybridized carbons (Fsp3) is 0.556. The highest BCUT2D eigenvalue weighted by atomic mass is 32.2. The SMILES string of the molecule is C=CC(=O)N1CC(N2CCC(c3cc4c(c(C)n3)O[C@H](C)c3c(ncnc3N3CCS(=O)CC3)N4)CC2)C1. The van der Waals surface area contributed by atoms with Crippen molar-refractivity contribution in [3.63, 3.8) is 0 Å². The van der Waals surface area contributed by atoms with Crippen molar-refractivity contribution in [1.82, 2.24) is 24.8 Å². The molecule has 1 N–H and O–H groups in total. The minimum Gasteiger partial charge on any atom is -0.482 e. The van der Waals surface area contributed by atoms with Crippen LogP contribution in [0.15, 0.2) is 25.0 Å². The molecule has 0 unspecified atom stereocenters. The molecular weight excluding hydrogens is 502 g/mol. The van der Waals surface area contributed by atoms with E-state index in [1.54, 1.807) is 6.33 Å². The van der Waals surface area contributed by atoms with Gasteiger partial charge in [-0.3, -0.25) is 18.9 Å². The maximum atomic E-state index is 11.9. The third kappa shape index (κ3) is 4.66. The number of ether oxygens (including phenoxy) is 1. The predicted octanol–water partition coefficient (Wildman–Crippen LogP) is 2.52. The van der Waals surface area contributed by atoms with Gasteiger partial charge in [-0.25, -0.2) is 9.97 Å². The van der Waals surface area contributed by atoms with E-state index in [1.165, 1.54) is 6.08 Å². The smallest absolute Gasteiger partial charge is 0.246 e. The average Bonchev–Trinajstić information content (AvgIpc) is 3.04. The molecular formula is C27H35N7O3S. The second-order valence-electron chi connectivity index (χ2n) is 10.6. The Morgan fingerprint density at radius 2 is 1.92 bits per heavy atom. The van der Waals surface area contributed by atoms with Gasteiger partial charge in [0, 0.05) is 66.1 Å². The molecule has 202 valence electrons. The average molecular weight is 538 g/mol. The van der Waals surface area contributed by atoms with Crippen molar-refractivity contribution < 1.29 is 13.7 Å². The van der Waals surface area contributed by atoms with Crippen LogP contribution in [0.3, 0.4) is 0 Å². The van der Waals surface area contributed by atoms with Crippen LogP contribution in [0.5, 0.6) is 5.75 Å². The molecule has 0 radical (unpaired) electrons. The monoisotopic (exact) mass is 537 g/mol. The number of hydrogen-bond acceptors (Lipinski definition) is 9. The Balaban J connectivity index is 1.19. The van der Waals surface area contributed by atoms with Gasteiger partial charge < -0.3 is 19.9 Å². The number of hydrogen-bond donors (Lipinski definition) is 1. The normalized spacial score (nSPS) is 22.9. The molecule has 0 saturated carbocycles. The highest BCUT2D eigenvalue weighted by Gasteiger charge is 2.36. The zero-order chi connectivity index (χ0) is 26.4. The van der Waals surface area contributed by atoms with Crippen LogP contribution in [0.2, 0.25) is 0 Å². The summed E-state index contributed by atoms with van der Waals surface area (Å²) in [5.74, 6) is 4.06. The summed E-state index contributed by atoms with van der Waals surface area (Å²) in [6.07, 6.45) is 4.81. The Hall–Kier alpha value is -3.05. The zero-order valence-corrected chi connectivity index (χ0v) is 22.9. The lowest BCUT2D eigenvalue weighted by molar-refractivity contribution is -0.133. The fourth-order valence-corrected chi connectivity index (χ4v) is 7.07. The lowest BCUT2D eigenvalue weighted by Crippen LogP contribution is -2.61. The standard InChI is InChI=1S/C27H35N7O3S/c1-4-23(35)34-14-20(15-34)32-7-5-19(6-8-32)21-13-22-25(17(2)30-21)37-18(3)24-26(31-22)28-16-29-27(24)33-9-11-38(36)12-10-33/h4,13,16,18-20H,1,5-12,14-15H2,2-3H3,(H,28,29,31)/t18-/m1/s1. The number of aromatic nitrogens is 3. The summed E-state index contributed by atoms with van der Waals surface area (Å²) in [6, 6.07) is 2.58. The Morgan fingerprint density at radius 1 is 1.18 bits per heavy atom. The third-order valence-electron chi connectivity index (χ3n) is 8.27. The van der Waals surface area contributed by atoms with Gasteiger partial charge in [-0.05, 0) is 51.9 Å². The van der Waals surface area contributed by atoms with Crippen LogP contribution in [-0.4, -0.2) is 91.7 Å². The van der Waals surface area contributed by atoms with Gasteiger partial charge in [-0.15, -0.1) is 0 Å². The number of nitrogens with zero attached hydrogens (tertiary/aromatic N) is 6. The number of aryl methyl sites for hydroxylation is 1. The van der Waals surface area contributed by atoms with Gasteiger partial charge in [-0.1, -0.05) is 6.58 Å². The van der Waals surface area contributed by atoms with Crippen molar-refractivity contribution in [3.8, 4) is 5.75 Å². The van der Waals surface area contributed by atoms with Gasteiger partial charge in [0.25, 0.3) is 0 Å². The number of nitrogens with one attached hydrogen (secondary N) is 1. The highest BCUT2D eigenvalue weighted by Crippen LogP contribution is 2.44. The van der Waals surface area contributed by atoms with Crippen molar-refractivity contribution in [2.45, 2.75) is 44.8 Å². The number of carbonyl (C=O) groups is 1. The molecule has 4 aliphatic rings. The number of amides is 1. The molecule has 6 heterocycles. The summed E-state index contributed by atoms with van der Waals surface area (Å²) in [5, 5.41) is 3.55.